The number of aromatic amines is 1. The van der Waals surface area contributed by atoms with Gasteiger partial charge in [0.25, 0.3) is 0 Å². The first kappa shape index (κ1) is 12.0. The Hall–Kier alpha value is -1.03. The van der Waals surface area contributed by atoms with E-state index in [0.717, 1.165) is 5.69 Å². The van der Waals surface area contributed by atoms with Gasteiger partial charge in [0.1, 0.15) is 5.38 Å². The molecule has 0 saturated heterocycles. The standard InChI is InChI=1S/C10H16ClN3O/c1-6(11)9(15)12-8-5-7(13-14-8)10(2,3)4/h5-6H,1-4H3,(H2,12,13,14,15). The highest BCUT2D eigenvalue weighted by atomic mass is 35.5. The van der Waals surface area contributed by atoms with Crippen LogP contribution in [0.25, 0.3) is 0 Å². The molecule has 1 heterocycles. The lowest BCUT2D eigenvalue weighted by molar-refractivity contribution is -0.115. The zero-order valence-electron chi connectivity index (χ0n) is 9.39. The van der Waals surface area contributed by atoms with Gasteiger partial charge in [0.05, 0.1) is 0 Å². The van der Waals surface area contributed by atoms with Gasteiger partial charge in [-0.3, -0.25) is 9.89 Å². The summed E-state index contributed by atoms with van der Waals surface area (Å²) < 4.78 is 0. The fourth-order valence-electron chi connectivity index (χ4n) is 0.996. The SMILES string of the molecule is CC(Cl)C(=O)Nc1cc(C(C)(C)C)[nH]n1. The third-order valence-electron chi connectivity index (χ3n) is 2.00. The van der Waals surface area contributed by atoms with E-state index in [1.807, 2.05) is 6.07 Å². The van der Waals surface area contributed by atoms with Crippen molar-refractivity contribution in [1.29, 1.82) is 0 Å². The molecule has 0 spiro atoms. The number of carbonyl (C=O) groups is 1. The summed E-state index contributed by atoms with van der Waals surface area (Å²) in [4.78, 5) is 11.3. The van der Waals surface area contributed by atoms with Crippen LogP contribution in [0.3, 0.4) is 0 Å². The Balaban J connectivity index is 2.73. The van der Waals surface area contributed by atoms with Gasteiger partial charge in [-0.15, -0.1) is 11.6 Å². The van der Waals surface area contributed by atoms with Crippen molar-refractivity contribution < 1.29 is 4.79 Å². The van der Waals surface area contributed by atoms with Crippen LogP contribution >= 0.6 is 11.6 Å². The Morgan fingerprint density at radius 3 is 2.60 bits per heavy atom. The molecule has 0 aromatic carbocycles. The number of hydrogen-bond acceptors (Lipinski definition) is 2. The van der Waals surface area contributed by atoms with Crippen LogP contribution in [-0.4, -0.2) is 21.5 Å². The lowest BCUT2D eigenvalue weighted by atomic mass is 9.92. The average Bonchev–Trinajstić information content (AvgIpc) is 2.51. The lowest BCUT2D eigenvalue weighted by Gasteiger charge is -2.14. The number of amides is 1. The van der Waals surface area contributed by atoms with Gasteiger partial charge >= 0.3 is 0 Å². The van der Waals surface area contributed by atoms with Crippen LogP contribution in [0.15, 0.2) is 6.07 Å². The molecule has 0 aliphatic carbocycles. The van der Waals surface area contributed by atoms with Crippen LogP contribution in [0, 0.1) is 0 Å². The van der Waals surface area contributed by atoms with E-state index >= 15 is 0 Å². The number of hydrogen-bond donors (Lipinski definition) is 2. The second-order valence-electron chi connectivity index (χ2n) is 4.52. The van der Waals surface area contributed by atoms with Crippen LogP contribution in [0.5, 0.6) is 0 Å². The molecule has 84 valence electrons. The van der Waals surface area contributed by atoms with E-state index < -0.39 is 5.38 Å². The van der Waals surface area contributed by atoms with Crippen molar-refractivity contribution >= 4 is 23.3 Å². The Kier molecular flexibility index (Phi) is 3.39. The molecular weight excluding hydrogens is 214 g/mol. The molecule has 0 aliphatic rings. The molecule has 0 fully saturated rings. The van der Waals surface area contributed by atoms with Gasteiger partial charge in [-0.1, -0.05) is 20.8 Å². The average molecular weight is 230 g/mol. The van der Waals surface area contributed by atoms with Crippen LogP contribution < -0.4 is 5.32 Å². The van der Waals surface area contributed by atoms with E-state index in [-0.39, 0.29) is 11.3 Å². The van der Waals surface area contributed by atoms with Gasteiger partial charge in [-0.05, 0) is 6.92 Å². The molecule has 1 aromatic heterocycles. The van der Waals surface area contributed by atoms with Gasteiger partial charge < -0.3 is 5.32 Å². The number of halogens is 1. The largest absolute Gasteiger partial charge is 0.308 e. The van der Waals surface area contributed by atoms with Gasteiger partial charge in [0.15, 0.2) is 5.82 Å². The quantitative estimate of drug-likeness (QED) is 0.765. The monoisotopic (exact) mass is 229 g/mol. The minimum absolute atomic E-state index is 0.0114. The molecule has 4 nitrogen and oxygen atoms in total. The summed E-state index contributed by atoms with van der Waals surface area (Å²) in [7, 11) is 0. The second kappa shape index (κ2) is 4.23. The molecule has 0 saturated carbocycles. The smallest absolute Gasteiger partial charge is 0.243 e. The second-order valence-corrected chi connectivity index (χ2v) is 5.18. The molecule has 0 radical (unpaired) electrons. The number of nitrogens with zero attached hydrogens (tertiary/aromatic N) is 1. The van der Waals surface area contributed by atoms with Gasteiger partial charge in [0.2, 0.25) is 5.91 Å². The van der Waals surface area contributed by atoms with Crippen molar-refractivity contribution in [3.63, 3.8) is 0 Å². The van der Waals surface area contributed by atoms with Crippen molar-refractivity contribution in [2.24, 2.45) is 0 Å². The maximum Gasteiger partial charge on any atom is 0.243 e. The molecule has 0 aliphatic heterocycles. The summed E-state index contributed by atoms with van der Waals surface area (Å²) in [6, 6.07) is 1.82. The Morgan fingerprint density at radius 2 is 2.20 bits per heavy atom. The minimum Gasteiger partial charge on any atom is -0.308 e. The van der Waals surface area contributed by atoms with Crippen LogP contribution in [0.4, 0.5) is 5.82 Å². The highest BCUT2D eigenvalue weighted by Gasteiger charge is 2.18. The molecule has 1 amide bonds. The topological polar surface area (TPSA) is 57.8 Å². The van der Waals surface area contributed by atoms with Crippen LogP contribution in [0.1, 0.15) is 33.4 Å². The molecule has 1 rings (SSSR count). The molecule has 1 atom stereocenters. The highest BCUT2D eigenvalue weighted by molar-refractivity contribution is 6.32. The number of alkyl halides is 1. The summed E-state index contributed by atoms with van der Waals surface area (Å²) in [5.74, 6) is 0.265. The number of rotatable bonds is 2. The fraction of sp³-hybridized carbons (Fsp3) is 0.600. The minimum atomic E-state index is -0.556. The molecule has 2 N–H and O–H groups in total. The van der Waals surface area contributed by atoms with E-state index in [1.54, 1.807) is 6.92 Å². The number of anilines is 1. The highest BCUT2D eigenvalue weighted by Crippen LogP contribution is 2.21. The lowest BCUT2D eigenvalue weighted by Crippen LogP contribution is -2.20. The van der Waals surface area contributed by atoms with Gasteiger partial charge in [-0.25, -0.2) is 0 Å². The molecule has 0 bridgehead atoms. The maximum absolute atomic E-state index is 11.3. The molecule has 1 unspecified atom stereocenters. The van der Waals surface area contributed by atoms with Gasteiger partial charge in [0, 0.05) is 17.2 Å². The predicted molar refractivity (Wildman–Crippen MR) is 61.2 cm³/mol. The van der Waals surface area contributed by atoms with Crippen molar-refractivity contribution in [3.05, 3.63) is 11.8 Å². The molecular formula is C10H16ClN3O. The summed E-state index contributed by atoms with van der Waals surface area (Å²) in [6.45, 7) is 7.82. The maximum atomic E-state index is 11.3. The van der Waals surface area contributed by atoms with Crippen molar-refractivity contribution in [2.75, 3.05) is 5.32 Å². The first-order valence-electron chi connectivity index (χ1n) is 4.81. The zero-order chi connectivity index (χ0) is 11.6. The van der Waals surface area contributed by atoms with Gasteiger partial charge in [-0.2, -0.15) is 5.10 Å². The van der Waals surface area contributed by atoms with Crippen molar-refractivity contribution in [1.82, 2.24) is 10.2 Å². The number of aromatic nitrogens is 2. The third-order valence-corrected chi connectivity index (χ3v) is 2.20. The van der Waals surface area contributed by atoms with Crippen LogP contribution in [0.2, 0.25) is 0 Å². The van der Waals surface area contributed by atoms with E-state index in [0.29, 0.717) is 5.82 Å². The Bertz CT molecular complexity index is 352. The van der Waals surface area contributed by atoms with E-state index in [2.05, 4.69) is 36.3 Å². The van der Waals surface area contributed by atoms with E-state index in [4.69, 9.17) is 11.6 Å². The number of H-pyrrole nitrogens is 1. The zero-order valence-corrected chi connectivity index (χ0v) is 10.1. The Labute approximate surface area is 94.4 Å². The number of carbonyl (C=O) groups excluding carboxylic acids is 1. The normalized spacial score (nSPS) is 13.7. The Morgan fingerprint density at radius 1 is 1.60 bits per heavy atom. The van der Waals surface area contributed by atoms with Crippen LogP contribution in [-0.2, 0) is 10.2 Å². The van der Waals surface area contributed by atoms with Crippen molar-refractivity contribution in [3.8, 4) is 0 Å². The van der Waals surface area contributed by atoms with Crippen molar-refractivity contribution in [2.45, 2.75) is 38.5 Å². The first-order valence-corrected chi connectivity index (χ1v) is 5.25. The number of nitrogens with one attached hydrogen (secondary N) is 2. The van der Waals surface area contributed by atoms with E-state index in [9.17, 15) is 4.79 Å². The summed E-state index contributed by atoms with van der Waals surface area (Å²) >= 11 is 5.62. The molecule has 15 heavy (non-hydrogen) atoms. The first-order chi connectivity index (χ1) is 6.80. The summed E-state index contributed by atoms with van der Waals surface area (Å²) in [5.41, 5.74) is 0.961. The fourth-order valence-corrected chi connectivity index (χ4v) is 1.05. The predicted octanol–water partition coefficient (Wildman–Crippen LogP) is 2.27. The summed E-state index contributed by atoms with van der Waals surface area (Å²) in [6.07, 6.45) is 0. The molecule has 1 aromatic rings. The molecule has 5 heteroatoms. The summed E-state index contributed by atoms with van der Waals surface area (Å²) in [5, 5.41) is 8.94. The van der Waals surface area contributed by atoms with E-state index in [1.165, 1.54) is 0 Å². The third kappa shape index (κ3) is 3.23.